The second-order valence-corrected chi connectivity index (χ2v) is 10.2. The van der Waals surface area contributed by atoms with Gasteiger partial charge in [0.1, 0.15) is 12.3 Å². The van der Waals surface area contributed by atoms with Gasteiger partial charge in [0.05, 0.1) is 16.8 Å². The van der Waals surface area contributed by atoms with E-state index in [-0.39, 0.29) is 28.4 Å². The number of hydrogen-bond donors (Lipinski definition) is 1. The molecule has 0 fully saturated rings. The lowest BCUT2D eigenvalue weighted by Crippen LogP contribution is -2.36. The third-order valence-corrected chi connectivity index (χ3v) is 7.87. The van der Waals surface area contributed by atoms with Crippen LogP contribution >= 0.6 is 0 Å². The van der Waals surface area contributed by atoms with Crippen molar-refractivity contribution in [3.63, 3.8) is 0 Å². The molecule has 2 amide bonds. The van der Waals surface area contributed by atoms with Gasteiger partial charge in [-0.05, 0) is 42.7 Å². The van der Waals surface area contributed by atoms with E-state index in [1.54, 1.807) is 54.6 Å². The van der Waals surface area contributed by atoms with E-state index in [0.29, 0.717) is 23.1 Å². The third kappa shape index (κ3) is 3.56. The van der Waals surface area contributed by atoms with Crippen molar-refractivity contribution in [2.75, 3.05) is 6.54 Å². The molecule has 8 heteroatoms. The lowest BCUT2D eigenvalue weighted by atomic mass is 9.75. The summed E-state index contributed by atoms with van der Waals surface area (Å²) in [5.74, 6) is -2.24. The molecule has 1 atom stereocenters. The highest BCUT2D eigenvalue weighted by Crippen LogP contribution is 2.48. The van der Waals surface area contributed by atoms with Gasteiger partial charge in [0.15, 0.2) is 11.6 Å². The minimum atomic E-state index is -0.761. The van der Waals surface area contributed by atoms with Crippen LogP contribution in [0.4, 0.5) is 0 Å². The number of ether oxygens (including phenoxy) is 1. The molecule has 4 aliphatic rings. The van der Waals surface area contributed by atoms with E-state index < -0.39 is 30.2 Å². The van der Waals surface area contributed by atoms with Gasteiger partial charge in [0.25, 0.3) is 11.8 Å². The predicted octanol–water partition coefficient (Wildman–Crippen LogP) is 4.19. The Morgan fingerprint density at radius 1 is 0.775 bits per heavy atom. The highest BCUT2D eigenvalue weighted by molar-refractivity contribution is 6.24. The Hall–Kier alpha value is -5.11. The molecular weight excluding hydrogens is 508 g/mol. The smallest absolute Gasteiger partial charge is 0.331 e. The van der Waals surface area contributed by atoms with Gasteiger partial charge in [0, 0.05) is 40.3 Å². The number of fused-ring (bicyclic) bond motifs is 3. The van der Waals surface area contributed by atoms with Crippen molar-refractivity contribution in [2.24, 2.45) is 0 Å². The van der Waals surface area contributed by atoms with E-state index in [1.165, 1.54) is 0 Å². The molecule has 1 N–H and O–H groups in total. The van der Waals surface area contributed by atoms with Crippen molar-refractivity contribution < 1.29 is 28.7 Å². The number of Topliss-reactive ketones (excluding diaryl/α,β-unsaturated/α-hetero) is 2. The Kier molecular flexibility index (Phi) is 5.38. The number of imide groups is 1. The maximum atomic E-state index is 13.5. The first-order chi connectivity index (χ1) is 19.4. The molecule has 0 saturated heterocycles. The Bertz CT molecular complexity index is 1710. The van der Waals surface area contributed by atoms with E-state index >= 15 is 0 Å². The average Bonchev–Trinajstić information content (AvgIpc) is 3.39. The lowest BCUT2D eigenvalue weighted by Gasteiger charge is -2.33. The highest BCUT2D eigenvalue weighted by atomic mass is 16.5. The number of benzene rings is 3. The van der Waals surface area contributed by atoms with Crippen LogP contribution in [0.1, 0.15) is 67.4 Å². The number of rotatable bonds is 4. The fourth-order valence-corrected chi connectivity index (χ4v) is 6.07. The fourth-order valence-electron chi connectivity index (χ4n) is 6.07. The summed E-state index contributed by atoms with van der Waals surface area (Å²) >= 11 is 0. The minimum Gasteiger partial charge on any atom is -0.425 e. The number of carbonyl (C=O) groups excluding carboxylic acids is 5. The van der Waals surface area contributed by atoms with Crippen molar-refractivity contribution in [1.82, 2.24) is 10.2 Å². The topological polar surface area (TPSA) is 110 Å². The van der Waals surface area contributed by atoms with Crippen molar-refractivity contribution in [3.8, 4) is 5.75 Å². The number of carbonyl (C=O) groups is 5. The number of dihydropyridines is 1. The summed E-state index contributed by atoms with van der Waals surface area (Å²) in [6.07, 6.45) is 1.89. The molecule has 0 saturated carbocycles. The normalized spacial score (nSPS) is 19.3. The summed E-state index contributed by atoms with van der Waals surface area (Å²) in [5.41, 5.74) is 5.44. The number of hydrogen-bond acceptors (Lipinski definition) is 7. The SMILES string of the molecule is O=C(CN1C(=O)c2ccccc2C1=O)Oc1ccc([C@@H]2C3=C(CCCC3=O)NC3=C2C(=O)c2ccccc23)cc1. The first kappa shape index (κ1) is 24.0. The van der Waals surface area contributed by atoms with E-state index in [4.69, 9.17) is 4.74 Å². The van der Waals surface area contributed by atoms with E-state index in [0.717, 1.165) is 40.3 Å². The Morgan fingerprint density at radius 2 is 1.40 bits per heavy atom. The lowest BCUT2D eigenvalue weighted by molar-refractivity contribution is -0.134. The van der Waals surface area contributed by atoms with Gasteiger partial charge in [-0.15, -0.1) is 0 Å². The van der Waals surface area contributed by atoms with Crippen LogP contribution in [0.2, 0.25) is 0 Å². The maximum absolute atomic E-state index is 13.5. The first-order valence-corrected chi connectivity index (χ1v) is 13.1. The maximum Gasteiger partial charge on any atom is 0.331 e. The summed E-state index contributed by atoms with van der Waals surface area (Å²) in [4.78, 5) is 65.4. The molecule has 7 rings (SSSR count). The Morgan fingerprint density at radius 3 is 2.08 bits per heavy atom. The summed E-state index contributed by atoms with van der Waals surface area (Å²) in [6.45, 7) is -0.518. The van der Waals surface area contributed by atoms with E-state index in [1.807, 2.05) is 18.2 Å². The monoisotopic (exact) mass is 530 g/mol. The van der Waals surface area contributed by atoms with E-state index in [9.17, 15) is 24.0 Å². The zero-order valence-corrected chi connectivity index (χ0v) is 21.2. The second-order valence-electron chi connectivity index (χ2n) is 10.2. The zero-order valence-electron chi connectivity index (χ0n) is 21.2. The number of allylic oxidation sites excluding steroid dienone is 3. The number of esters is 1. The Balaban J connectivity index is 1.15. The van der Waals surface area contributed by atoms with Crippen LogP contribution in [0.5, 0.6) is 5.75 Å². The van der Waals surface area contributed by atoms with Crippen LogP contribution in [-0.2, 0) is 9.59 Å². The summed E-state index contributed by atoms with van der Waals surface area (Å²) in [7, 11) is 0. The van der Waals surface area contributed by atoms with Crippen LogP contribution in [0, 0.1) is 0 Å². The van der Waals surface area contributed by atoms with Crippen LogP contribution in [0.3, 0.4) is 0 Å². The second kappa shape index (κ2) is 8.98. The third-order valence-electron chi connectivity index (χ3n) is 7.87. The van der Waals surface area contributed by atoms with Crippen LogP contribution in [0.15, 0.2) is 89.6 Å². The van der Waals surface area contributed by atoms with Crippen LogP contribution in [0.25, 0.3) is 5.70 Å². The molecule has 0 aromatic heterocycles. The molecule has 2 aliphatic heterocycles. The molecule has 196 valence electrons. The van der Waals surface area contributed by atoms with Gasteiger partial charge in [-0.3, -0.25) is 24.1 Å². The highest BCUT2D eigenvalue weighted by Gasteiger charge is 2.43. The molecular formula is C32H22N2O6. The minimum absolute atomic E-state index is 0.0190. The van der Waals surface area contributed by atoms with Crippen molar-refractivity contribution in [2.45, 2.75) is 25.2 Å². The van der Waals surface area contributed by atoms with Gasteiger partial charge in [-0.25, -0.2) is 4.79 Å². The molecule has 40 heavy (non-hydrogen) atoms. The van der Waals surface area contributed by atoms with Crippen molar-refractivity contribution in [1.29, 1.82) is 0 Å². The molecule has 3 aromatic carbocycles. The van der Waals surface area contributed by atoms with Crippen LogP contribution in [-0.4, -0.2) is 40.8 Å². The summed E-state index contributed by atoms with van der Waals surface area (Å²) < 4.78 is 5.45. The average molecular weight is 531 g/mol. The van der Waals surface area contributed by atoms with Gasteiger partial charge < -0.3 is 10.1 Å². The molecule has 0 unspecified atom stereocenters. The fraction of sp³-hybridized carbons (Fsp3) is 0.156. The molecule has 8 nitrogen and oxygen atoms in total. The van der Waals surface area contributed by atoms with Gasteiger partial charge in [-0.1, -0.05) is 48.5 Å². The summed E-state index contributed by atoms with van der Waals surface area (Å²) in [5, 5.41) is 3.41. The molecule has 2 aliphatic carbocycles. The largest absolute Gasteiger partial charge is 0.425 e. The van der Waals surface area contributed by atoms with Crippen molar-refractivity contribution in [3.05, 3.63) is 117 Å². The van der Waals surface area contributed by atoms with Crippen molar-refractivity contribution >= 4 is 35.0 Å². The Labute approximate surface area is 228 Å². The van der Waals surface area contributed by atoms with Gasteiger partial charge in [-0.2, -0.15) is 0 Å². The molecule has 0 radical (unpaired) electrons. The number of amides is 2. The number of nitrogens with zero attached hydrogens (tertiary/aromatic N) is 1. The van der Waals surface area contributed by atoms with Gasteiger partial charge >= 0.3 is 5.97 Å². The number of nitrogens with one attached hydrogen (secondary N) is 1. The molecule has 3 aromatic rings. The number of ketones is 2. The standard InChI is InChI=1S/C32H22N2O6/c35-24-11-5-10-23-27(24)26(28-29(33-23)19-6-1-2-7-20(19)30(28)37)17-12-14-18(15-13-17)40-25(36)16-34-31(38)21-8-3-4-9-22(21)32(34)39/h1-4,6-9,12-15,26,33H,5,10-11,16H2/t26-/m1/s1. The molecule has 0 bridgehead atoms. The summed E-state index contributed by atoms with van der Waals surface area (Å²) in [6, 6.07) is 20.5. The van der Waals surface area contributed by atoms with E-state index in [2.05, 4.69) is 5.32 Å². The predicted molar refractivity (Wildman–Crippen MR) is 143 cm³/mol. The molecule has 2 heterocycles. The zero-order chi connectivity index (χ0) is 27.5. The van der Waals surface area contributed by atoms with Crippen LogP contribution < -0.4 is 10.1 Å². The van der Waals surface area contributed by atoms with Gasteiger partial charge in [0.2, 0.25) is 0 Å². The quantitative estimate of drug-likeness (QED) is 0.306. The molecule has 0 spiro atoms. The first-order valence-electron chi connectivity index (χ1n) is 13.1.